The summed E-state index contributed by atoms with van der Waals surface area (Å²) in [5.74, 6) is 0.166. The molecule has 6 nitrogen and oxygen atoms in total. The van der Waals surface area contributed by atoms with Gasteiger partial charge in [-0.05, 0) is 63.9 Å². The van der Waals surface area contributed by atoms with Crippen LogP contribution in [0, 0.1) is 0 Å². The van der Waals surface area contributed by atoms with Crippen LogP contribution in [0.1, 0.15) is 62.6 Å². The molecule has 0 spiro atoms. The van der Waals surface area contributed by atoms with Crippen molar-refractivity contribution in [1.82, 2.24) is 9.78 Å². The van der Waals surface area contributed by atoms with Crippen LogP contribution < -0.4 is 10.6 Å². The van der Waals surface area contributed by atoms with E-state index in [1.165, 1.54) is 6.92 Å². The summed E-state index contributed by atoms with van der Waals surface area (Å²) in [4.78, 5) is 23.6. The number of amides is 2. The first-order valence-corrected chi connectivity index (χ1v) is 8.53. The van der Waals surface area contributed by atoms with E-state index in [1.54, 1.807) is 24.3 Å². The molecule has 25 heavy (non-hydrogen) atoms. The molecule has 2 N–H and O–H groups in total. The van der Waals surface area contributed by atoms with E-state index in [9.17, 15) is 9.59 Å². The summed E-state index contributed by atoms with van der Waals surface area (Å²) in [6.07, 6.45) is 2.32. The fraction of sp³-hybridized carbons (Fsp3) is 0.421. The number of benzene rings is 1. The zero-order valence-electron chi connectivity index (χ0n) is 15.1. The molecule has 0 bridgehead atoms. The van der Waals surface area contributed by atoms with Gasteiger partial charge in [-0.3, -0.25) is 14.3 Å². The molecule has 6 heteroatoms. The molecule has 0 aliphatic heterocycles. The zero-order valence-corrected chi connectivity index (χ0v) is 15.1. The van der Waals surface area contributed by atoms with Gasteiger partial charge in [0.25, 0.3) is 5.91 Å². The molecule has 2 amide bonds. The van der Waals surface area contributed by atoms with Crippen molar-refractivity contribution in [2.75, 3.05) is 10.6 Å². The molecule has 1 aliphatic carbocycles. The predicted molar refractivity (Wildman–Crippen MR) is 97.9 cm³/mol. The highest BCUT2D eigenvalue weighted by molar-refractivity contribution is 6.03. The number of nitrogens with one attached hydrogen (secondary N) is 2. The molecule has 1 aromatic heterocycles. The number of hydrogen-bond donors (Lipinski definition) is 2. The van der Waals surface area contributed by atoms with Gasteiger partial charge in [-0.2, -0.15) is 5.10 Å². The summed E-state index contributed by atoms with van der Waals surface area (Å²) in [7, 11) is 0. The Morgan fingerprint density at radius 1 is 1.08 bits per heavy atom. The molecule has 3 rings (SSSR count). The van der Waals surface area contributed by atoms with E-state index in [0.29, 0.717) is 23.0 Å². The Balaban J connectivity index is 1.76. The highest BCUT2D eigenvalue weighted by Crippen LogP contribution is 2.41. The Morgan fingerprint density at radius 2 is 1.64 bits per heavy atom. The lowest BCUT2D eigenvalue weighted by atomic mass is 10.1. The summed E-state index contributed by atoms with van der Waals surface area (Å²) in [6.45, 7) is 7.73. The van der Waals surface area contributed by atoms with Crippen LogP contribution in [0.25, 0.3) is 0 Å². The molecule has 1 aliphatic rings. The highest BCUT2D eigenvalue weighted by Gasteiger charge is 2.32. The molecule has 0 atom stereocenters. The van der Waals surface area contributed by atoms with E-state index in [4.69, 9.17) is 0 Å². The fourth-order valence-electron chi connectivity index (χ4n) is 2.75. The molecule has 0 saturated heterocycles. The monoisotopic (exact) mass is 340 g/mol. The van der Waals surface area contributed by atoms with E-state index in [1.807, 2.05) is 10.7 Å². The third kappa shape index (κ3) is 4.07. The van der Waals surface area contributed by atoms with Crippen molar-refractivity contribution in [2.24, 2.45) is 0 Å². The molecule has 132 valence electrons. The van der Waals surface area contributed by atoms with Gasteiger partial charge >= 0.3 is 0 Å². The topological polar surface area (TPSA) is 76.0 Å². The van der Waals surface area contributed by atoms with Gasteiger partial charge in [0.15, 0.2) is 5.69 Å². The Labute approximate surface area is 147 Å². The number of anilines is 2. The number of rotatable bonds is 4. The minimum Gasteiger partial charge on any atom is -0.326 e. The number of hydrogen-bond acceptors (Lipinski definition) is 3. The summed E-state index contributed by atoms with van der Waals surface area (Å²) in [6, 6.07) is 8.92. The maximum atomic E-state index is 12.6. The average molecular weight is 340 g/mol. The van der Waals surface area contributed by atoms with E-state index in [2.05, 4.69) is 36.5 Å². The van der Waals surface area contributed by atoms with Gasteiger partial charge in [0.2, 0.25) is 5.91 Å². The second kappa shape index (κ2) is 6.35. The maximum Gasteiger partial charge on any atom is 0.276 e. The number of carbonyl (C=O) groups is 2. The normalized spacial score (nSPS) is 14.2. The molecule has 0 unspecified atom stereocenters. The Morgan fingerprint density at radius 3 is 2.12 bits per heavy atom. The maximum absolute atomic E-state index is 12.6. The van der Waals surface area contributed by atoms with Crippen LogP contribution in [0.4, 0.5) is 11.4 Å². The van der Waals surface area contributed by atoms with Crippen molar-refractivity contribution in [3.63, 3.8) is 0 Å². The fourth-order valence-corrected chi connectivity index (χ4v) is 2.75. The number of carbonyl (C=O) groups excluding carboxylic acids is 2. The van der Waals surface area contributed by atoms with Gasteiger partial charge in [0, 0.05) is 29.9 Å². The summed E-state index contributed by atoms with van der Waals surface area (Å²) in [5, 5.41) is 10.1. The minimum absolute atomic E-state index is 0.128. The van der Waals surface area contributed by atoms with Crippen LogP contribution in [-0.4, -0.2) is 21.6 Å². The SMILES string of the molecule is CC(=O)Nc1ccc(NC(=O)c2cc(C3CC3)n(C(C)(C)C)n2)cc1. The second-order valence-electron chi connectivity index (χ2n) is 7.52. The van der Waals surface area contributed by atoms with Gasteiger partial charge < -0.3 is 10.6 Å². The van der Waals surface area contributed by atoms with Crippen molar-refractivity contribution < 1.29 is 9.59 Å². The Kier molecular flexibility index (Phi) is 4.37. The second-order valence-corrected chi connectivity index (χ2v) is 7.52. The van der Waals surface area contributed by atoms with Crippen molar-refractivity contribution in [2.45, 2.75) is 52.0 Å². The van der Waals surface area contributed by atoms with Crippen LogP contribution in [-0.2, 0) is 10.3 Å². The first-order valence-electron chi connectivity index (χ1n) is 8.53. The third-order valence-electron chi connectivity index (χ3n) is 4.06. The van der Waals surface area contributed by atoms with E-state index < -0.39 is 0 Å². The van der Waals surface area contributed by atoms with E-state index in [-0.39, 0.29) is 17.4 Å². The molecule has 1 heterocycles. The summed E-state index contributed by atoms with van der Waals surface area (Å²) in [5.41, 5.74) is 2.77. The molecule has 0 radical (unpaired) electrons. The predicted octanol–water partition coefficient (Wildman–Crippen LogP) is 3.73. The Hall–Kier alpha value is -2.63. The molecule has 2 aromatic rings. The lowest BCUT2D eigenvalue weighted by Gasteiger charge is -2.22. The van der Waals surface area contributed by atoms with Crippen molar-refractivity contribution in [3.05, 3.63) is 41.7 Å². The van der Waals surface area contributed by atoms with Crippen LogP contribution in [0.2, 0.25) is 0 Å². The lowest BCUT2D eigenvalue weighted by molar-refractivity contribution is -0.114. The van der Waals surface area contributed by atoms with Crippen molar-refractivity contribution in [1.29, 1.82) is 0 Å². The van der Waals surface area contributed by atoms with Crippen LogP contribution in [0.3, 0.4) is 0 Å². The van der Waals surface area contributed by atoms with Crippen LogP contribution in [0.15, 0.2) is 30.3 Å². The highest BCUT2D eigenvalue weighted by atomic mass is 16.2. The van der Waals surface area contributed by atoms with Crippen molar-refractivity contribution >= 4 is 23.2 Å². The first-order chi connectivity index (χ1) is 11.7. The van der Waals surface area contributed by atoms with Gasteiger partial charge in [-0.15, -0.1) is 0 Å². The molecular formula is C19H24N4O2. The third-order valence-corrected chi connectivity index (χ3v) is 4.06. The molecule has 1 fully saturated rings. The zero-order chi connectivity index (χ0) is 18.2. The van der Waals surface area contributed by atoms with Gasteiger partial charge in [0.05, 0.1) is 5.54 Å². The lowest BCUT2D eigenvalue weighted by Crippen LogP contribution is -2.25. The first kappa shape index (κ1) is 17.2. The number of nitrogens with zero attached hydrogens (tertiary/aromatic N) is 2. The van der Waals surface area contributed by atoms with Crippen LogP contribution >= 0.6 is 0 Å². The number of aromatic nitrogens is 2. The minimum atomic E-state index is -0.225. The quantitative estimate of drug-likeness (QED) is 0.890. The molecule has 1 aromatic carbocycles. The van der Waals surface area contributed by atoms with Crippen LogP contribution in [0.5, 0.6) is 0 Å². The van der Waals surface area contributed by atoms with E-state index in [0.717, 1.165) is 18.5 Å². The molecular weight excluding hydrogens is 316 g/mol. The summed E-state index contributed by atoms with van der Waals surface area (Å²) < 4.78 is 1.97. The van der Waals surface area contributed by atoms with Gasteiger partial charge in [-0.1, -0.05) is 0 Å². The standard InChI is InChI=1S/C19H24N4O2/c1-12(24)20-14-7-9-15(10-8-14)21-18(25)16-11-17(13-5-6-13)23(22-16)19(2,3)4/h7-11,13H,5-6H2,1-4H3,(H,20,24)(H,21,25). The average Bonchev–Trinajstić information content (AvgIpc) is 3.25. The van der Waals surface area contributed by atoms with E-state index >= 15 is 0 Å². The molecule has 1 saturated carbocycles. The van der Waals surface area contributed by atoms with Gasteiger partial charge in [-0.25, -0.2) is 0 Å². The van der Waals surface area contributed by atoms with Gasteiger partial charge in [0.1, 0.15) is 0 Å². The Bertz CT molecular complexity index is 796. The van der Waals surface area contributed by atoms with Crippen molar-refractivity contribution in [3.8, 4) is 0 Å². The summed E-state index contributed by atoms with van der Waals surface area (Å²) >= 11 is 0. The smallest absolute Gasteiger partial charge is 0.276 e. The largest absolute Gasteiger partial charge is 0.326 e.